The van der Waals surface area contributed by atoms with Crippen molar-refractivity contribution < 1.29 is 71.1 Å². The number of rotatable bonds is 28. The fourth-order valence-electron chi connectivity index (χ4n) is 9.93. The number of para-hydroxylation sites is 2. The summed E-state index contributed by atoms with van der Waals surface area (Å²) in [5, 5.41) is 11.0. The van der Waals surface area contributed by atoms with E-state index >= 15 is 0 Å². The quantitative estimate of drug-likeness (QED) is 0.0315. The number of carbonyl (C=O) groups is 1. The maximum absolute atomic E-state index is 11.8. The number of aromatic nitrogens is 11. The Morgan fingerprint density at radius 3 is 1.26 bits per heavy atom. The first-order valence-corrected chi connectivity index (χ1v) is 38.6. The zero-order chi connectivity index (χ0) is 93.0. The lowest BCUT2D eigenvalue weighted by molar-refractivity contribution is -0.116. The number of carbonyl (C=O) groups excluding carboxylic acids is 1. The summed E-state index contributed by atoms with van der Waals surface area (Å²) in [6.45, 7) is 3.45. The highest BCUT2D eigenvalue weighted by atomic mass is 16.5. The lowest BCUT2D eigenvalue weighted by atomic mass is 10.1. The van der Waals surface area contributed by atoms with E-state index in [9.17, 15) is 24.0 Å². The van der Waals surface area contributed by atoms with Gasteiger partial charge in [-0.2, -0.15) is 4.98 Å². The van der Waals surface area contributed by atoms with Crippen LogP contribution in [0.2, 0.25) is 0 Å². The van der Waals surface area contributed by atoms with Crippen LogP contribution < -0.4 is 56.4 Å². The van der Waals surface area contributed by atoms with Crippen LogP contribution in [0.3, 0.4) is 0 Å². The molecule has 7 unspecified atom stereocenters. The molecule has 6 aromatic heterocycles. The van der Waals surface area contributed by atoms with E-state index in [1.165, 1.54) is 17.1 Å². The third kappa shape index (κ3) is 41.9. The number of hydrogen-bond acceptors (Lipinski definition) is 32. The summed E-state index contributed by atoms with van der Waals surface area (Å²) in [4.78, 5) is 89.6. The van der Waals surface area contributed by atoms with Crippen LogP contribution in [0.5, 0.6) is 0 Å². The Bertz CT molecular complexity index is 5370. The summed E-state index contributed by atoms with van der Waals surface area (Å²) in [6, 6.07) is 14.5. The number of ether oxygens (including phenoxy) is 14. The Morgan fingerprint density at radius 1 is 0.421 bits per heavy atom. The first kappa shape index (κ1) is 107. The smallest absolute Gasteiger partial charge is 0.328 e. The number of hydrogen-bond donors (Lipinski definition) is 9. The number of anilines is 5. The highest BCUT2D eigenvalue weighted by Crippen LogP contribution is 2.20. The molecule has 7 atom stereocenters. The van der Waals surface area contributed by atoms with E-state index in [2.05, 4.69) is 133 Å². The molecule has 37 nitrogen and oxygen atoms in total. The van der Waals surface area contributed by atoms with Gasteiger partial charge in [0.15, 0.2) is 0 Å². The number of amidine groups is 1. The van der Waals surface area contributed by atoms with Gasteiger partial charge >= 0.3 is 5.69 Å². The van der Waals surface area contributed by atoms with Gasteiger partial charge in [0.1, 0.15) is 34.9 Å². The molecule has 9 rings (SSSR count). The lowest BCUT2D eigenvalue weighted by Crippen LogP contribution is -2.33. The van der Waals surface area contributed by atoms with E-state index < -0.39 is 16.8 Å². The van der Waals surface area contributed by atoms with E-state index in [1.807, 2.05) is 24.3 Å². The molecular weight excluding hydrogens is 1630 g/mol. The summed E-state index contributed by atoms with van der Waals surface area (Å²) >= 11 is 0. The second-order valence-corrected chi connectivity index (χ2v) is 26.2. The van der Waals surface area contributed by atoms with Crippen molar-refractivity contribution in [1.82, 2.24) is 59.3 Å². The van der Waals surface area contributed by atoms with Gasteiger partial charge in [0.25, 0.3) is 22.6 Å². The molecule has 0 bridgehead atoms. The van der Waals surface area contributed by atoms with Gasteiger partial charge in [-0.15, -0.1) is 0 Å². The van der Waals surface area contributed by atoms with Gasteiger partial charge in [0, 0.05) is 207 Å². The number of H-pyrrole nitrogens is 2. The molecule has 14 N–H and O–H groups in total. The second kappa shape index (κ2) is 63.0. The normalized spacial score (nSPS) is 12.4. The fourth-order valence-corrected chi connectivity index (χ4v) is 9.93. The number of fused-ring (bicyclic) bond motifs is 2. The summed E-state index contributed by atoms with van der Waals surface area (Å²) in [5.74, 6) is 42.4. The number of benzene rings is 2. The van der Waals surface area contributed by atoms with Crippen molar-refractivity contribution in [2.24, 2.45) is 14.1 Å². The molecule has 7 heterocycles. The molecule has 0 aliphatic carbocycles. The Kier molecular flexibility index (Phi) is 53.5. The van der Waals surface area contributed by atoms with Gasteiger partial charge in [-0.05, 0) is 36.4 Å². The maximum atomic E-state index is 11.8. The van der Waals surface area contributed by atoms with Gasteiger partial charge in [-0.3, -0.25) is 34.6 Å². The Labute approximate surface area is 733 Å². The minimum atomic E-state index is -0.480. The van der Waals surface area contributed by atoms with Crippen LogP contribution in [0.1, 0.15) is 84.7 Å². The summed E-state index contributed by atoms with van der Waals surface area (Å²) in [6.07, 6.45) is 14.7. The predicted molar refractivity (Wildman–Crippen MR) is 481 cm³/mol. The van der Waals surface area contributed by atoms with Crippen molar-refractivity contribution in [1.29, 1.82) is 5.41 Å². The Morgan fingerprint density at radius 2 is 0.825 bits per heavy atom. The number of methoxy groups -OCH3 is 14. The van der Waals surface area contributed by atoms with Crippen LogP contribution in [0, 0.1) is 88.3 Å². The van der Waals surface area contributed by atoms with Crippen LogP contribution in [-0.4, -0.2) is 254 Å². The number of aromatic amines is 2. The lowest BCUT2D eigenvalue weighted by Gasteiger charge is -2.11. The van der Waals surface area contributed by atoms with Crippen molar-refractivity contribution in [3.8, 4) is 82.9 Å². The standard InChI is InChI=1S/C15H17N3O3.C15H17N3O2.C12H17N3O3.C12H16N2O4.C12H16N2O3.C12H16N2O2.C11H15N3O2/c1-20-9-11(21-2)7-3-5-10-6-4-8-12-13(10)17-15(16)18-14(12)19;1-19-9-12(20-2)7-3-5-11-6-4-8-13-14(11)17-10-18-15(13)16;1-15-7-9(11(16)14-12(15)13)5-4-6-10(18-3)8-17-2;1-14-7-9(11(15)13-12(14)16)5-4-6-10(18-3)8-17-2;1-16-8-10(17-2)5-3-4-9-6-7-11(13)14-12(9)15;1-15-9-11(16-2)5-3-4-10-6-7-12(13)14-8-10;1-15-8-10(16-2)5-3-4-9-6-13-11(12)14-7-9/h4,6,8,11H,7,9H2,1-2H3,(H3,16,17,18,19);4,6,8,10,12H,7,9H2,1-2H3,(H2,16,17,18);7,10H,6,8H2,1-3H3,(H2,13,14,16);7,10H,6,8H2,1-3H3,(H,13,15,16);6,10H,5,7-8H2,1-2H3,(H2,13,14,15);6-8,11H,5,9H2,1-2H3,(H2,13,14);6-7,10H,5,8H2,1-2H3,(H2,12,13,14). The minimum Gasteiger partial charge on any atom is -0.384 e. The van der Waals surface area contributed by atoms with Crippen LogP contribution in [0.4, 0.5) is 29.5 Å². The third-order valence-electron chi connectivity index (χ3n) is 16.9. The number of amides is 1. The van der Waals surface area contributed by atoms with Crippen molar-refractivity contribution in [2.45, 2.75) is 94.1 Å². The Hall–Kier alpha value is -13.0. The average molecular weight is 1740 g/mol. The van der Waals surface area contributed by atoms with Gasteiger partial charge in [-0.25, -0.2) is 34.7 Å². The van der Waals surface area contributed by atoms with Crippen LogP contribution in [0.15, 0.2) is 117 Å². The molecule has 1 amide bonds. The molecule has 2 aromatic carbocycles. The maximum Gasteiger partial charge on any atom is 0.328 e. The molecule has 8 aromatic rings. The Balaban J connectivity index is 0.000000380. The average Bonchev–Trinajstić information content (AvgIpc) is 0.798. The topological polar surface area (TPSA) is 512 Å². The number of nitrogens with two attached hydrogens (primary N) is 5. The number of aryl methyl sites for hydroxylation is 2. The van der Waals surface area contributed by atoms with Crippen LogP contribution >= 0.6 is 0 Å². The van der Waals surface area contributed by atoms with E-state index in [-0.39, 0.29) is 83.4 Å². The molecule has 0 spiro atoms. The monoisotopic (exact) mass is 1740 g/mol. The third-order valence-corrected chi connectivity index (χ3v) is 16.9. The van der Waals surface area contributed by atoms with Gasteiger partial charge in [0.2, 0.25) is 17.8 Å². The number of nitrogens with one attached hydrogen (secondary N) is 4. The van der Waals surface area contributed by atoms with Crippen molar-refractivity contribution >= 4 is 63.0 Å². The highest BCUT2D eigenvalue weighted by Gasteiger charge is 2.16. The van der Waals surface area contributed by atoms with Gasteiger partial charge < -0.3 is 109 Å². The molecule has 0 saturated carbocycles. The highest BCUT2D eigenvalue weighted by molar-refractivity contribution is 6.10. The van der Waals surface area contributed by atoms with Crippen molar-refractivity contribution in [2.75, 3.05) is 174 Å². The van der Waals surface area contributed by atoms with E-state index in [4.69, 9.17) is 100 Å². The second-order valence-electron chi connectivity index (χ2n) is 26.2. The molecule has 126 heavy (non-hydrogen) atoms. The van der Waals surface area contributed by atoms with E-state index in [0.717, 1.165) is 27.6 Å². The van der Waals surface area contributed by atoms with Crippen LogP contribution in [0.25, 0.3) is 21.8 Å². The molecule has 37 heteroatoms. The number of nitrogen functional groups attached to an aromatic ring is 5. The largest absolute Gasteiger partial charge is 0.384 e. The van der Waals surface area contributed by atoms with E-state index in [1.54, 1.807) is 173 Å². The zero-order valence-electron chi connectivity index (χ0n) is 74.0. The van der Waals surface area contributed by atoms with Crippen LogP contribution in [-0.2, 0) is 85.2 Å². The summed E-state index contributed by atoms with van der Waals surface area (Å²) in [7, 11) is 25.9. The summed E-state index contributed by atoms with van der Waals surface area (Å²) < 4.78 is 74.0. The first-order chi connectivity index (χ1) is 60.8. The van der Waals surface area contributed by atoms with Gasteiger partial charge in [-0.1, -0.05) is 101 Å². The van der Waals surface area contributed by atoms with Crippen molar-refractivity contribution in [3.05, 3.63) is 172 Å². The minimum absolute atomic E-state index is 0.00722. The summed E-state index contributed by atoms with van der Waals surface area (Å²) in [5.41, 5.74) is 31.5. The first-order valence-electron chi connectivity index (χ1n) is 38.6. The zero-order valence-corrected chi connectivity index (χ0v) is 74.0. The van der Waals surface area contributed by atoms with E-state index in [0.29, 0.717) is 137 Å². The molecule has 674 valence electrons. The molecule has 1 aliphatic heterocycles. The SMILES string of the molecule is COCC(CC#CC1=CCC(=N)NC1=O)OC.COCC(CC#Cc1ccc(N)nc1)OC.COCC(CC#Cc1cccc2c(=O)[nH]c(N)nc12)OC.COCC(CC#Cc1cccc2c(N)ncnc12)OC.COCC(CC#Cc1cn(C)c(=O)[nH]c1=O)OC.COCC(CC#Cc1cn(C)c(N)nc1=O)OC.COCC(CC#Cc1cnc(N)nc1)OC. The van der Waals surface area contributed by atoms with Gasteiger partial charge in [0.05, 0.1) is 128 Å². The van der Waals surface area contributed by atoms with Crippen molar-refractivity contribution in [3.63, 3.8) is 0 Å². The molecular formula is C89H114N18O19. The molecule has 0 radical (unpaired) electrons. The predicted octanol–water partition coefficient (Wildman–Crippen LogP) is 3.76. The molecule has 0 fully saturated rings. The molecule has 0 saturated heterocycles. The number of pyridine rings is 1. The fraction of sp³-hybridized carbons (Fsp3) is 0.427. The number of nitrogens with zero attached hydrogens (tertiary/aromatic N) is 9. The molecule has 1 aliphatic rings.